The maximum absolute atomic E-state index is 12.6. The molecule has 0 aliphatic carbocycles. The van der Waals surface area contributed by atoms with Crippen LogP contribution in [0.4, 0.5) is 5.69 Å². The summed E-state index contributed by atoms with van der Waals surface area (Å²) in [5, 5.41) is 0.516. The fourth-order valence-electron chi connectivity index (χ4n) is 2.37. The second-order valence-corrected chi connectivity index (χ2v) is 7.36. The highest BCUT2D eigenvalue weighted by molar-refractivity contribution is 7.92. The second kappa shape index (κ2) is 5.87. The van der Waals surface area contributed by atoms with Crippen LogP contribution in [0.15, 0.2) is 35.2 Å². The lowest BCUT2D eigenvalue weighted by molar-refractivity contribution is 0.600. The summed E-state index contributed by atoms with van der Waals surface area (Å²) < 4.78 is 27.7. The lowest BCUT2D eigenvalue weighted by Gasteiger charge is -2.15. The number of anilines is 1. The Bertz CT molecular complexity index is 758. The number of hydrogen-bond donors (Lipinski definition) is 1. The quantitative estimate of drug-likeness (QED) is 0.876. The van der Waals surface area contributed by atoms with Crippen molar-refractivity contribution in [2.24, 2.45) is 0 Å². The molecule has 2 aromatic rings. The van der Waals surface area contributed by atoms with E-state index in [9.17, 15) is 8.42 Å². The third-order valence-corrected chi connectivity index (χ3v) is 5.36. The number of para-hydroxylation sites is 1. The summed E-state index contributed by atoms with van der Waals surface area (Å²) in [5.41, 5.74) is 2.58. The summed E-state index contributed by atoms with van der Waals surface area (Å²) in [6, 6.07) is 8.48. The Morgan fingerprint density at radius 1 is 0.952 bits per heavy atom. The van der Waals surface area contributed by atoms with Crippen molar-refractivity contribution in [1.82, 2.24) is 0 Å². The fourth-order valence-corrected chi connectivity index (χ4v) is 4.53. The van der Waals surface area contributed by atoms with E-state index >= 15 is 0 Å². The van der Waals surface area contributed by atoms with Gasteiger partial charge in [0.25, 0.3) is 10.0 Å². The SMILES string of the molecule is Cc1cc(C)c(S(=O)(=O)Nc2c(Cl)cccc2Cl)c(C)c1. The van der Waals surface area contributed by atoms with Crippen molar-refractivity contribution in [1.29, 1.82) is 0 Å². The van der Waals surface area contributed by atoms with Crippen molar-refractivity contribution >= 4 is 38.9 Å². The van der Waals surface area contributed by atoms with Crippen molar-refractivity contribution in [2.45, 2.75) is 25.7 Å². The Kier molecular flexibility index (Phi) is 4.51. The summed E-state index contributed by atoms with van der Waals surface area (Å²) in [6.45, 7) is 5.46. The molecule has 0 atom stereocenters. The van der Waals surface area contributed by atoms with Gasteiger partial charge in [-0.2, -0.15) is 0 Å². The molecule has 2 aromatic carbocycles. The van der Waals surface area contributed by atoms with Gasteiger partial charge in [-0.05, 0) is 44.0 Å². The Hall–Kier alpha value is -1.23. The summed E-state index contributed by atoms with van der Waals surface area (Å²) in [6.07, 6.45) is 0. The van der Waals surface area contributed by atoms with Gasteiger partial charge in [-0.15, -0.1) is 0 Å². The number of sulfonamides is 1. The minimum Gasteiger partial charge on any atom is -0.277 e. The van der Waals surface area contributed by atoms with Crippen LogP contribution >= 0.6 is 23.2 Å². The van der Waals surface area contributed by atoms with Gasteiger partial charge in [-0.25, -0.2) is 8.42 Å². The van der Waals surface area contributed by atoms with Gasteiger partial charge in [0.1, 0.15) is 0 Å². The molecule has 0 aromatic heterocycles. The predicted octanol–water partition coefficient (Wildman–Crippen LogP) is 4.72. The van der Waals surface area contributed by atoms with Gasteiger partial charge in [0.2, 0.25) is 0 Å². The van der Waals surface area contributed by atoms with Gasteiger partial charge >= 0.3 is 0 Å². The highest BCUT2D eigenvalue weighted by Crippen LogP contribution is 2.33. The van der Waals surface area contributed by atoms with Crippen LogP contribution < -0.4 is 4.72 Å². The lowest BCUT2D eigenvalue weighted by atomic mass is 10.1. The second-order valence-electron chi connectivity index (χ2n) is 4.93. The molecule has 0 bridgehead atoms. The molecule has 0 heterocycles. The number of hydrogen-bond acceptors (Lipinski definition) is 2. The first-order valence-corrected chi connectivity index (χ1v) is 8.51. The van der Waals surface area contributed by atoms with E-state index in [-0.39, 0.29) is 20.6 Å². The molecule has 21 heavy (non-hydrogen) atoms. The van der Waals surface area contributed by atoms with E-state index in [0.717, 1.165) is 5.56 Å². The molecule has 0 aliphatic rings. The minimum atomic E-state index is -3.76. The topological polar surface area (TPSA) is 46.2 Å². The highest BCUT2D eigenvalue weighted by atomic mass is 35.5. The van der Waals surface area contributed by atoms with Crippen LogP contribution in [0.5, 0.6) is 0 Å². The molecule has 0 radical (unpaired) electrons. The van der Waals surface area contributed by atoms with E-state index in [0.29, 0.717) is 11.1 Å². The Labute approximate surface area is 135 Å². The van der Waals surface area contributed by atoms with Crippen molar-refractivity contribution < 1.29 is 8.42 Å². The number of halogens is 2. The molecule has 3 nitrogen and oxygen atoms in total. The fraction of sp³-hybridized carbons (Fsp3) is 0.200. The molecule has 0 amide bonds. The number of nitrogens with one attached hydrogen (secondary N) is 1. The number of benzene rings is 2. The average Bonchev–Trinajstić information content (AvgIpc) is 2.32. The van der Waals surface area contributed by atoms with Gasteiger partial charge in [-0.3, -0.25) is 4.72 Å². The Morgan fingerprint density at radius 3 is 1.90 bits per heavy atom. The first-order chi connectivity index (χ1) is 9.72. The molecule has 1 N–H and O–H groups in total. The van der Waals surface area contributed by atoms with Crippen LogP contribution in [-0.4, -0.2) is 8.42 Å². The van der Waals surface area contributed by atoms with Gasteiger partial charge in [-0.1, -0.05) is 47.0 Å². The van der Waals surface area contributed by atoms with Gasteiger partial charge < -0.3 is 0 Å². The van der Waals surface area contributed by atoms with Crippen LogP contribution in [0, 0.1) is 20.8 Å². The van der Waals surface area contributed by atoms with Gasteiger partial charge in [0.05, 0.1) is 20.6 Å². The van der Waals surface area contributed by atoms with Gasteiger partial charge in [0, 0.05) is 0 Å². The molecule has 0 aliphatic heterocycles. The third kappa shape index (κ3) is 3.34. The van der Waals surface area contributed by atoms with Crippen LogP contribution in [0.2, 0.25) is 10.0 Å². The zero-order valence-electron chi connectivity index (χ0n) is 11.9. The summed E-state index contributed by atoms with van der Waals surface area (Å²) in [5.74, 6) is 0. The lowest BCUT2D eigenvalue weighted by Crippen LogP contribution is -2.16. The smallest absolute Gasteiger partial charge is 0.262 e. The maximum Gasteiger partial charge on any atom is 0.262 e. The van der Waals surface area contributed by atoms with Gasteiger partial charge in [0.15, 0.2) is 0 Å². The molecular weight excluding hydrogens is 329 g/mol. The van der Waals surface area contributed by atoms with E-state index in [1.54, 1.807) is 32.0 Å². The number of rotatable bonds is 3. The molecule has 112 valence electrons. The first-order valence-electron chi connectivity index (χ1n) is 6.27. The molecule has 0 saturated heterocycles. The summed E-state index contributed by atoms with van der Waals surface area (Å²) in [7, 11) is -3.76. The van der Waals surface area contributed by atoms with E-state index in [2.05, 4.69) is 4.72 Å². The van der Waals surface area contributed by atoms with E-state index in [1.807, 2.05) is 19.1 Å². The van der Waals surface area contributed by atoms with Crippen molar-refractivity contribution in [2.75, 3.05) is 4.72 Å². The summed E-state index contributed by atoms with van der Waals surface area (Å²) >= 11 is 12.0. The van der Waals surface area contributed by atoms with Crippen molar-refractivity contribution in [3.05, 3.63) is 57.1 Å². The molecule has 0 saturated carbocycles. The van der Waals surface area contributed by atoms with Crippen molar-refractivity contribution in [3.63, 3.8) is 0 Å². The van der Waals surface area contributed by atoms with E-state index < -0.39 is 10.0 Å². The monoisotopic (exact) mass is 343 g/mol. The van der Waals surface area contributed by atoms with Crippen LogP contribution in [0.25, 0.3) is 0 Å². The van der Waals surface area contributed by atoms with E-state index in [4.69, 9.17) is 23.2 Å². The average molecular weight is 344 g/mol. The maximum atomic E-state index is 12.6. The summed E-state index contributed by atoms with van der Waals surface area (Å²) in [4.78, 5) is 0.254. The molecule has 0 spiro atoms. The standard InChI is InChI=1S/C15H15Cl2NO2S/c1-9-7-10(2)15(11(3)8-9)21(19,20)18-14-12(16)5-4-6-13(14)17/h4-8,18H,1-3H3. The van der Waals surface area contributed by atoms with Crippen LogP contribution in [0.3, 0.4) is 0 Å². The zero-order valence-corrected chi connectivity index (χ0v) is 14.2. The van der Waals surface area contributed by atoms with E-state index in [1.165, 1.54) is 0 Å². The molecule has 6 heteroatoms. The highest BCUT2D eigenvalue weighted by Gasteiger charge is 2.22. The first kappa shape index (κ1) is 16.1. The Balaban J connectivity index is 2.54. The largest absolute Gasteiger partial charge is 0.277 e. The zero-order chi connectivity index (χ0) is 15.8. The van der Waals surface area contributed by atoms with Crippen LogP contribution in [-0.2, 0) is 10.0 Å². The molecule has 2 rings (SSSR count). The molecular formula is C15H15Cl2NO2S. The molecule has 0 unspecified atom stereocenters. The van der Waals surface area contributed by atoms with Crippen LogP contribution in [0.1, 0.15) is 16.7 Å². The Morgan fingerprint density at radius 2 is 1.43 bits per heavy atom. The molecule has 0 fully saturated rings. The number of aryl methyl sites for hydroxylation is 3. The normalized spacial score (nSPS) is 11.5. The third-order valence-electron chi connectivity index (χ3n) is 3.07. The predicted molar refractivity (Wildman–Crippen MR) is 87.9 cm³/mol. The minimum absolute atomic E-state index is 0.195. The van der Waals surface area contributed by atoms with Crippen molar-refractivity contribution in [3.8, 4) is 0 Å².